The van der Waals surface area contributed by atoms with Crippen molar-refractivity contribution in [2.75, 3.05) is 13.1 Å². The van der Waals surface area contributed by atoms with E-state index in [1.165, 1.54) is 36.0 Å². The average molecular weight is 233 g/mol. The molecule has 0 saturated heterocycles. The highest BCUT2D eigenvalue weighted by Gasteiger charge is 2.10. The van der Waals surface area contributed by atoms with Crippen LogP contribution in [0.3, 0.4) is 0 Å². The summed E-state index contributed by atoms with van der Waals surface area (Å²) >= 11 is 0. The Morgan fingerprint density at radius 2 is 2.06 bits per heavy atom. The number of nitrogens with one attached hydrogen (secondary N) is 1. The van der Waals surface area contributed by atoms with E-state index in [1.807, 2.05) is 0 Å². The summed E-state index contributed by atoms with van der Waals surface area (Å²) in [6.07, 6.45) is 4.91. The maximum atomic E-state index is 10.3. The first-order valence-electron chi connectivity index (χ1n) is 6.29. The lowest BCUT2D eigenvalue weighted by molar-refractivity contribution is -0.136. The van der Waals surface area contributed by atoms with Gasteiger partial charge in [-0.15, -0.1) is 0 Å². The first kappa shape index (κ1) is 12.1. The van der Waals surface area contributed by atoms with Crippen LogP contribution in [0.1, 0.15) is 29.5 Å². The smallest absolute Gasteiger partial charge is 0.304 e. The van der Waals surface area contributed by atoms with Gasteiger partial charge in [0.1, 0.15) is 0 Å². The summed E-state index contributed by atoms with van der Waals surface area (Å²) in [4.78, 5) is 10.3. The molecule has 0 amide bonds. The van der Waals surface area contributed by atoms with E-state index in [1.54, 1.807) is 0 Å². The molecule has 0 bridgehead atoms. The zero-order valence-electron chi connectivity index (χ0n) is 10.0. The van der Waals surface area contributed by atoms with Gasteiger partial charge < -0.3 is 10.4 Å². The van der Waals surface area contributed by atoms with E-state index in [4.69, 9.17) is 5.11 Å². The lowest BCUT2D eigenvalue weighted by Gasteiger charge is -2.06. The minimum absolute atomic E-state index is 0.199. The number of aliphatic carboxylic acids is 1. The molecule has 1 aliphatic rings. The molecule has 0 atom stereocenters. The number of benzene rings is 1. The Morgan fingerprint density at radius 1 is 1.24 bits per heavy atom. The van der Waals surface area contributed by atoms with Gasteiger partial charge in [-0.2, -0.15) is 0 Å². The second-order valence-electron chi connectivity index (χ2n) is 4.60. The van der Waals surface area contributed by atoms with Crippen LogP contribution < -0.4 is 5.32 Å². The summed E-state index contributed by atoms with van der Waals surface area (Å²) < 4.78 is 0. The van der Waals surface area contributed by atoms with Crippen LogP contribution in [0.15, 0.2) is 18.2 Å². The Labute approximate surface area is 102 Å². The summed E-state index contributed by atoms with van der Waals surface area (Å²) in [7, 11) is 0. The number of carboxylic acid groups (broad SMARTS) is 1. The molecular formula is C14H19NO2. The maximum Gasteiger partial charge on any atom is 0.304 e. The Bertz CT molecular complexity index is 401. The van der Waals surface area contributed by atoms with E-state index >= 15 is 0 Å². The monoisotopic (exact) mass is 233 g/mol. The van der Waals surface area contributed by atoms with Crippen molar-refractivity contribution in [3.05, 3.63) is 34.9 Å². The summed E-state index contributed by atoms with van der Waals surface area (Å²) in [5.74, 6) is -0.741. The number of hydrogen-bond donors (Lipinski definition) is 2. The molecule has 92 valence electrons. The fourth-order valence-corrected chi connectivity index (χ4v) is 2.33. The van der Waals surface area contributed by atoms with Crippen molar-refractivity contribution in [3.8, 4) is 0 Å². The highest BCUT2D eigenvalue weighted by molar-refractivity contribution is 5.66. The van der Waals surface area contributed by atoms with Crippen LogP contribution in [0.25, 0.3) is 0 Å². The van der Waals surface area contributed by atoms with Gasteiger partial charge in [0, 0.05) is 6.54 Å². The topological polar surface area (TPSA) is 49.3 Å². The van der Waals surface area contributed by atoms with Gasteiger partial charge in [0.25, 0.3) is 0 Å². The van der Waals surface area contributed by atoms with Crippen LogP contribution in [-0.2, 0) is 24.1 Å². The molecule has 0 heterocycles. The third kappa shape index (κ3) is 3.56. The molecule has 3 nitrogen and oxygen atoms in total. The average Bonchev–Trinajstić information content (AvgIpc) is 2.75. The zero-order chi connectivity index (χ0) is 12.1. The van der Waals surface area contributed by atoms with Crippen LogP contribution in [0.5, 0.6) is 0 Å². The van der Waals surface area contributed by atoms with Crippen molar-refractivity contribution in [1.82, 2.24) is 5.32 Å². The predicted molar refractivity (Wildman–Crippen MR) is 67.3 cm³/mol. The number of carbonyl (C=O) groups is 1. The second-order valence-corrected chi connectivity index (χ2v) is 4.60. The van der Waals surface area contributed by atoms with Gasteiger partial charge >= 0.3 is 5.97 Å². The first-order valence-corrected chi connectivity index (χ1v) is 6.29. The number of carboxylic acids is 1. The summed E-state index contributed by atoms with van der Waals surface area (Å²) in [5.41, 5.74) is 4.37. The van der Waals surface area contributed by atoms with Gasteiger partial charge in [0.2, 0.25) is 0 Å². The second kappa shape index (κ2) is 5.82. The van der Waals surface area contributed by atoms with Crippen molar-refractivity contribution in [3.63, 3.8) is 0 Å². The Hall–Kier alpha value is -1.35. The van der Waals surface area contributed by atoms with Crippen molar-refractivity contribution >= 4 is 5.97 Å². The van der Waals surface area contributed by atoms with Gasteiger partial charge in [-0.25, -0.2) is 0 Å². The number of hydrogen-bond acceptors (Lipinski definition) is 2. The van der Waals surface area contributed by atoms with Gasteiger partial charge in [-0.05, 0) is 48.9 Å². The predicted octanol–water partition coefficient (Wildman–Crippen LogP) is 1.78. The lowest BCUT2D eigenvalue weighted by Crippen LogP contribution is -2.20. The Morgan fingerprint density at radius 3 is 2.88 bits per heavy atom. The molecule has 2 rings (SSSR count). The fourth-order valence-electron chi connectivity index (χ4n) is 2.33. The quantitative estimate of drug-likeness (QED) is 0.736. The van der Waals surface area contributed by atoms with Crippen molar-refractivity contribution in [2.45, 2.75) is 32.1 Å². The largest absolute Gasteiger partial charge is 0.481 e. The van der Waals surface area contributed by atoms with Gasteiger partial charge in [-0.3, -0.25) is 4.79 Å². The SMILES string of the molecule is O=C(O)CCNCCc1ccc2c(c1)CCC2. The Kier molecular flexibility index (Phi) is 4.15. The molecule has 1 aliphatic carbocycles. The molecule has 3 heteroatoms. The van der Waals surface area contributed by atoms with Crippen molar-refractivity contribution in [1.29, 1.82) is 0 Å². The molecule has 0 saturated carbocycles. The standard InChI is InChI=1S/C14H19NO2/c16-14(17)7-9-15-8-6-11-4-5-12-2-1-3-13(12)10-11/h4-5,10,15H,1-3,6-9H2,(H,16,17). The van der Waals surface area contributed by atoms with Crippen LogP contribution in [0.2, 0.25) is 0 Å². The van der Waals surface area contributed by atoms with E-state index < -0.39 is 5.97 Å². The minimum atomic E-state index is -0.741. The number of fused-ring (bicyclic) bond motifs is 1. The third-order valence-corrected chi connectivity index (χ3v) is 3.27. The molecule has 1 aromatic rings. The first-order chi connectivity index (χ1) is 8.25. The molecule has 17 heavy (non-hydrogen) atoms. The molecular weight excluding hydrogens is 214 g/mol. The van der Waals surface area contributed by atoms with Crippen LogP contribution in [-0.4, -0.2) is 24.2 Å². The zero-order valence-corrected chi connectivity index (χ0v) is 10.0. The Balaban J connectivity index is 1.74. The number of rotatable bonds is 6. The lowest BCUT2D eigenvalue weighted by atomic mass is 10.0. The fraction of sp³-hybridized carbons (Fsp3) is 0.500. The highest BCUT2D eigenvalue weighted by Crippen LogP contribution is 2.22. The van der Waals surface area contributed by atoms with Gasteiger partial charge in [-0.1, -0.05) is 18.2 Å². The van der Waals surface area contributed by atoms with Gasteiger partial charge in [0.15, 0.2) is 0 Å². The van der Waals surface area contributed by atoms with Gasteiger partial charge in [0.05, 0.1) is 6.42 Å². The summed E-state index contributed by atoms with van der Waals surface area (Å²) in [6, 6.07) is 6.75. The van der Waals surface area contributed by atoms with E-state index in [9.17, 15) is 4.79 Å². The maximum absolute atomic E-state index is 10.3. The van der Waals surface area contributed by atoms with Crippen molar-refractivity contribution in [2.24, 2.45) is 0 Å². The van der Waals surface area contributed by atoms with E-state index in [-0.39, 0.29) is 6.42 Å². The normalized spacial score (nSPS) is 13.6. The van der Waals surface area contributed by atoms with Crippen LogP contribution in [0, 0.1) is 0 Å². The van der Waals surface area contributed by atoms with E-state index in [2.05, 4.69) is 23.5 Å². The summed E-state index contributed by atoms with van der Waals surface area (Å²) in [6.45, 7) is 1.41. The highest BCUT2D eigenvalue weighted by atomic mass is 16.4. The van der Waals surface area contributed by atoms with Crippen LogP contribution >= 0.6 is 0 Å². The van der Waals surface area contributed by atoms with Crippen molar-refractivity contribution < 1.29 is 9.90 Å². The van der Waals surface area contributed by atoms with E-state index in [0.29, 0.717) is 6.54 Å². The molecule has 1 aromatic carbocycles. The molecule has 2 N–H and O–H groups in total. The molecule has 0 unspecified atom stereocenters. The molecule has 0 spiro atoms. The van der Waals surface area contributed by atoms with E-state index in [0.717, 1.165) is 13.0 Å². The number of aryl methyl sites for hydroxylation is 2. The minimum Gasteiger partial charge on any atom is -0.481 e. The molecule has 0 aliphatic heterocycles. The molecule has 0 radical (unpaired) electrons. The summed E-state index contributed by atoms with van der Waals surface area (Å²) in [5, 5.41) is 11.6. The van der Waals surface area contributed by atoms with Crippen LogP contribution in [0.4, 0.5) is 0 Å². The third-order valence-electron chi connectivity index (χ3n) is 3.27. The molecule has 0 fully saturated rings. The molecule has 0 aromatic heterocycles.